The molecular formula is C19H18N5O3. The minimum Gasteiger partial charge on any atom is -0.378 e. The van der Waals surface area contributed by atoms with Crippen LogP contribution in [0.1, 0.15) is 15.9 Å². The fourth-order valence-corrected chi connectivity index (χ4v) is 3.14. The van der Waals surface area contributed by atoms with Crippen LogP contribution < -0.4 is 5.73 Å². The molecule has 0 unspecified atom stereocenters. The van der Waals surface area contributed by atoms with Crippen LogP contribution in [0.25, 0.3) is 16.9 Å². The summed E-state index contributed by atoms with van der Waals surface area (Å²) in [5, 5.41) is 4.07. The van der Waals surface area contributed by atoms with Gasteiger partial charge in [0.2, 0.25) is 12.2 Å². The third-order valence-corrected chi connectivity index (χ3v) is 4.78. The third-order valence-electron chi connectivity index (χ3n) is 4.78. The van der Waals surface area contributed by atoms with Crippen molar-refractivity contribution in [2.45, 2.75) is 12.5 Å². The van der Waals surface area contributed by atoms with Crippen LogP contribution in [-0.4, -0.2) is 57.6 Å². The first-order valence-corrected chi connectivity index (χ1v) is 8.52. The Morgan fingerprint density at radius 3 is 2.63 bits per heavy atom. The molecule has 137 valence electrons. The van der Waals surface area contributed by atoms with Gasteiger partial charge in [-0.2, -0.15) is 0 Å². The lowest BCUT2D eigenvalue weighted by atomic mass is 10.0. The van der Waals surface area contributed by atoms with Gasteiger partial charge in [0.05, 0.1) is 23.8 Å². The van der Waals surface area contributed by atoms with Crippen LogP contribution in [0.2, 0.25) is 0 Å². The van der Waals surface area contributed by atoms with Crippen LogP contribution >= 0.6 is 0 Å². The Labute approximate surface area is 155 Å². The van der Waals surface area contributed by atoms with Gasteiger partial charge < -0.3 is 15.4 Å². The molecule has 2 aromatic heterocycles. The van der Waals surface area contributed by atoms with Gasteiger partial charge in [-0.15, -0.1) is 5.10 Å². The first kappa shape index (κ1) is 17.2. The summed E-state index contributed by atoms with van der Waals surface area (Å²) in [6.07, 6.45) is 3.01. The van der Waals surface area contributed by atoms with E-state index in [1.807, 2.05) is 24.3 Å². The van der Waals surface area contributed by atoms with E-state index >= 15 is 0 Å². The average molecular weight is 364 g/mol. The Kier molecular flexibility index (Phi) is 4.33. The quantitative estimate of drug-likeness (QED) is 0.718. The summed E-state index contributed by atoms with van der Waals surface area (Å²) < 4.78 is 6.73. The number of methoxy groups -OCH3 is 1. The van der Waals surface area contributed by atoms with Crippen LogP contribution in [-0.2, 0) is 16.0 Å². The van der Waals surface area contributed by atoms with E-state index in [1.54, 1.807) is 24.1 Å². The average Bonchev–Trinajstić information content (AvgIpc) is 3.10. The van der Waals surface area contributed by atoms with Crippen molar-refractivity contribution in [2.75, 3.05) is 20.2 Å². The predicted molar refractivity (Wildman–Crippen MR) is 96.9 cm³/mol. The van der Waals surface area contributed by atoms with Crippen molar-refractivity contribution >= 4 is 17.5 Å². The molecular weight excluding hydrogens is 346 g/mol. The molecule has 0 saturated carbocycles. The monoisotopic (exact) mass is 364 g/mol. The maximum atomic E-state index is 12.3. The van der Waals surface area contributed by atoms with E-state index in [-0.39, 0.29) is 12.0 Å². The molecule has 1 aromatic carbocycles. The Morgan fingerprint density at radius 1 is 1.22 bits per heavy atom. The minimum absolute atomic E-state index is 0.0927. The van der Waals surface area contributed by atoms with Crippen LogP contribution in [0.5, 0.6) is 0 Å². The molecule has 2 amide bonds. The molecule has 3 heterocycles. The number of primary amides is 1. The van der Waals surface area contributed by atoms with Crippen molar-refractivity contribution in [3.05, 3.63) is 53.9 Å². The number of nitrogens with zero attached hydrogens (tertiary/aromatic N) is 4. The molecule has 1 aliphatic heterocycles. The van der Waals surface area contributed by atoms with E-state index in [2.05, 4.69) is 16.4 Å². The molecule has 0 spiro atoms. The van der Waals surface area contributed by atoms with Gasteiger partial charge in [0.1, 0.15) is 0 Å². The second-order valence-electron chi connectivity index (χ2n) is 6.47. The first-order valence-electron chi connectivity index (χ1n) is 8.52. The molecule has 2 N–H and O–H groups in total. The Hall–Kier alpha value is -3.26. The molecule has 4 rings (SSSR count). The lowest BCUT2D eigenvalue weighted by molar-refractivity contribution is -0.142. The van der Waals surface area contributed by atoms with Crippen molar-refractivity contribution in [1.29, 1.82) is 0 Å². The second-order valence-corrected chi connectivity index (χ2v) is 6.47. The maximum absolute atomic E-state index is 12.3. The molecule has 0 bridgehead atoms. The number of hydrogen-bond donors (Lipinski definition) is 1. The van der Waals surface area contributed by atoms with Crippen LogP contribution in [0, 0.1) is 6.33 Å². The molecule has 1 fully saturated rings. The van der Waals surface area contributed by atoms with Gasteiger partial charge in [0.15, 0.2) is 5.65 Å². The lowest BCUT2D eigenvalue weighted by Crippen LogP contribution is -2.54. The number of fused-ring (bicyclic) bond motifs is 1. The highest BCUT2D eigenvalue weighted by atomic mass is 16.5. The molecule has 8 nitrogen and oxygen atoms in total. The van der Waals surface area contributed by atoms with Crippen LogP contribution in [0.15, 0.2) is 36.4 Å². The van der Waals surface area contributed by atoms with Gasteiger partial charge in [0, 0.05) is 25.8 Å². The highest BCUT2D eigenvalue weighted by Gasteiger charge is 2.30. The number of aromatic nitrogens is 3. The zero-order valence-electron chi connectivity index (χ0n) is 14.8. The standard InChI is InChI=1S/C19H18N5O3/c1-27-14-9-23(10-14)17(25)8-12-2-4-13(5-3-12)16-7-6-15(18(20)26)19-21-11-22-24(16)19/h2-7,14H,8-10H2,1H3,(H2,20,26). The van der Waals surface area contributed by atoms with Gasteiger partial charge in [0.25, 0.3) is 5.91 Å². The molecule has 0 atom stereocenters. The number of ether oxygens (including phenoxy) is 1. The zero-order chi connectivity index (χ0) is 19.0. The van der Waals surface area contributed by atoms with Gasteiger partial charge >= 0.3 is 0 Å². The van der Waals surface area contributed by atoms with E-state index in [4.69, 9.17) is 10.5 Å². The minimum atomic E-state index is -0.566. The fourth-order valence-electron chi connectivity index (χ4n) is 3.14. The normalized spacial score (nSPS) is 14.3. The maximum Gasteiger partial charge on any atom is 0.252 e. The van der Waals surface area contributed by atoms with E-state index in [9.17, 15) is 9.59 Å². The number of carbonyl (C=O) groups is 2. The molecule has 3 aromatic rings. The molecule has 1 aliphatic rings. The van der Waals surface area contributed by atoms with Gasteiger partial charge in [-0.05, 0) is 17.7 Å². The van der Waals surface area contributed by atoms with E-state index < -0.39 is 5.91 Å². The fraction of sp³-hybridized carbons (Fsp3) is 0.263. The van der Waals surface area contributed by atoms with Crippen molar-refractivity contribution in [3.8, 4) is 11.3 Å². The lowest BCUT2D eigenvalue weighted by Gasteiger charge is -2.38. The van der Waals surface area contributed by atoms with Crippen LogP contribution in [0.3, 0.4) is 0 Å². The van der Waals surface area contributed by atoms with Crippen molar-refractivity contribution < 1.29 is 14.3 Å². The highest BCUT2D eigenvalue weighted by molar-refractivity contribution is 5.99. The molecule has 1 saturated heterocycles. The van der Waals surface area contributed by atoms with E-state index in [0.717, 1.165) is 16.8 Å². The van der Waals surface area contributed by atoms with Gasteiger partial charge in [-0.1, -0.05) is 24.3 Å². The number of benzene rings is 1. The summed E-state index contributed by atoms with van der Waals surface area (Å²) >= 11 is 0. The summed E-state index contributed by atoms with van der Waals surface area (Å²) in [6.45, 7) is 1.31. The Morgan fingerprint density at radius 2 is 1.96 bits per heavy atom. The first-order chi connectivity index (χ1) is 13.1. The SMILES string of the molecule is COC1CN(C(=O)Cc2ccc(-c3ccc(C(N)=O)c4n[c]nn34)cc2)C1. The van der Waals surface area contributed by atoms with E-state index in [1.165, 1.54) is 4.52 Å². The summed E-state index contributed by atoms with van der Waals surface area (Å²) in [5.41, 5.74) is 8.60. The summed E-state index contributed by atoms with van der Waals surface area (Å²) in [5.74, 6) is -0.473. The number of rotatable bonds is 5. The van der Waals surface area contributed by atoms with Crippen molar-refractivity contribution in [2.24, 2.45) is 5.73 Å². The van der Waals surface area contributed by atoms with E-state index in [0.29, 0.717) is 30.7 Å². The number of nitrogens with two attached hydrogens (primary N) is 1. The van der Waals surface area contributed by atoms with Gasteiger partial charge in [-0.3, -0.25) is 9.59 Å². The molecule has 8 heteroatoms. The number of pyridine rings is 1. The second kappa shape index (κ2) is 6.81. The molecule has 27 heavy (non-hydrogen) atoms. The number of likely N-dealkylation sites (tertiary alicyclic amines) is 1. The Bertz CT molecular complexity index is 1010. The summed E-state index contributed by atoms with van der Waals surface area (Å²) in [4.78, 5) is 29.6. The van der Waals surface area contributed by atoms with Crippen molar-refractivity contribution in [3.63, 3.8) is 0 Å². The highest BCUT2D eigenvalue weighted by Crippen LogP contribution is 2.23. The summed E-state index contributed by atoms with van der Waals surface area (Å²) in [6, 6.07) is 11.0. The largest absolute Gasteiger partial charge is 0.378 e. The van der Waals surface area contributed by atoms with Crippen LogP contribution in [0.4, 0.5) is 0 Å². The molecule has 1 radical (unpaired) electrons. The smallest absolute Gasteiger partial charge is 0.252 e. The van der Waals surface area contributed by atoms with Crippen molar-refractivity contribution in [1.82, 2.24) is 19.5 Å². The van der Waals surface area contributed by atoms with Gasteiger partial charge in [-0.25, -0.2) is 9.50 Å². The topological polar surface area (TPSA) is 103 Å². The number of amides is 2. The number of carbonyl (C=O) groups excluding carboxylic acids is 2. The zero-order valence-corrected chi connectivity index (χ0v) is 14.8. The summed E-state index contributed by atoms with van der Waals surface area (Å²) in [7, 11) is 1.66. The third kappa shape index (κ3) is 3.15. The molecule has 0 aliphatic carbocycles. The predicted octanol–water partition coefficient (Wildman–Crippen LogP) is 0.695. The number of hydrogen-bond acceptors (Lipinski definition) is 5. The Balaban J connectivity index is 1.54.